The fourth-order valence-electron chi connectivity index (χ4n) is 1.35. The minimum atomic E-state index is -0.0251. The third-order valence-corrected chi connectivity index (χ3v) is 2.20. The number of amides is 1. The summed E-state index contributed by atoms with van der Waals surface area (Å²) < 4.78 is 15.9. The molecule has 2 rings (SSSR count). The summed E-state index contributed by atoms with van der Waals surface area (Å²) in [5.41, 5.74) is 0. The lowest BCUT2D eigenvalue weighted by atomic mass is 10.3. The Morgan fingerprint density at radius 1 is 1.47 bits per heavy atom. The summed E-state index contributed by atoms with van der Waals surface area (Å²) in [5.74, 6) is 2.11. The first-order valence-corrected chi connectivity index (χ1v) is 5.02. The van der Waals surface area contributed by atoms with E-state index in [4.69, 9.17) is 14.2 Å². The average Bonchev–Trinajstić information content (AvgIpc) is 2.74. The Bertz CT molecular complexity index is 381. The maximum absolute atomic E-state index is 10.2. The van der Waals surface area contributed by atoms with Crippen LogP contribution in [0.4, 0.5) is 0 Å². The van der Waals surface area contributed by atoms with Gasteiger partial charge >= 0.3 is 0 Å². The second-order valence-corrected chi connectivity index (χ2v) is 3.51. The van der Waals surface area contributed by atoms with E-state index >= 15 is 0 Å². The van der Waals surface area contributed by atoms with Crippen LogP contribution in [0, 0.1) is 0 Å². The summed E-state index contributed by atoms with van der Waals surface area (Å²) in [4.78, 5) is 10.2. The van der Waals surface area contributed by atoms with Crippen LogP contribution in [0.15, 0.2) is 18.2 Å². The highest BCUT2D eigenvalue weighted by Crippen LogP contribution is 2.34. The first kappa shape index (κ1) is 13.2. The molecule has 1 unspecified atom stereocenters. The number of hydrogen-bond donors (Lipinski definition) is 1. The van der Waals surface area contributed by atoms with Crippen molar-refractivity contribution in [1.29, 1.82) is 0 Å². The molecular formula is C12H17NO4. The molecule has 5 nitrogen and oxygen atoms in total. The van der Waals surface area contributed by atoms with Crippen LogP contribution in [0.1, 0.15) is 14.4 Å². The van der Waals surface area contributed by atoms with Crippen molar-refractivity contribution in [2.45, 2.75) is 20.4 Å². The molecule has 5 heteroatoms. The molecule has 1 aliphatic heterocycles. The number of ether oxygens (including phenoxy) is 3. The lowest BCUT2D eigenvalue weighted by Crippen LogP contribution is -2.30. The molecule has 0 radical (unpaired) electrons. The fraction of sp³-hybridized carbons (Fsp3) is 0.417. The topological polar surface area (TPSA) is 56.8 Å². The fourth-order valence-corrected chi connectivity index (χ4v) is 1.35. The van der Waals surface area contributed by atoms with Crippen molar-refractivity contribution in [2.24, 2.45) is 0 Å². The summed E-state index contributed by atoms with van der Waals surface area (Å²) >= 11 is 0. The van der Waals surface area contributed by atoms with E-state index in [1.807, 2.05) is 6.92 Å². The average molecular weight is 239 g/mol. The van der Waals surface area contributed by atoms with Crippen LogP contribution in [0.25, 0.3) is 0 Å². The molecule has 1 amide bonds. The van der Waals surface area contributed by atoms with Gasteiger partial charge in [0.15, 0.2) is 11.5 Å². The zero-order chi connectivity index (χ0) is 11.4. The van der Waals surface area contributed by atoms with Crippen molar-refractivity contribution in [2.75, 3.05) is 13.4 Å². The maximum Gasteiger partial charge on any atom is 0.231 e. The highest BCUT2D eigenvalue weighted by molar-refractivity contribution is 5.47. The van der Waals surface area contributed by atoms with Gasteiger partial charge in [0.25, 0.3) is 0 Å². The largest absolute Gasteiger partial charge is 0.491 e. The molecule has 0 aliphatic carbocycles. The molecule has 1 aromatic rings. The lowest BCUT2D eigenvalue weighted by molar-refractivity contribution is -0.110. The van der Waals surface area contributed by atoms with Gasteiger partial charge in [-0.1, -0.05) is 7.43 Å². The summed E-state index contributed by atoms with van der Waals surface area (Å²) in [6.07, 6.45) is 0.660. The van der Waals surface area contributed by atoms with Crippen LogP contribution in [0.2, 0.25) is 0 Å². The van der Waals surface area contributed by atoms with Crippen molar-refractivity contribution in [3.8, 4) is 17.2 Å². The van der Waals surface area contributed by atoms with Crippen molar-refractivity contribution < 1.29 is 19.0 Å². The van der Waals surface area contributed by atoms with E-state index in [0.29, 0.717) is 24.5 Å². The van der Waals surface area contributed by atoms with Crippen molar-refractivity contribution >= 4 is 6.41 Å². The number of rotatable bonds is 5. The van der Waals surface area contributed by atoms with Gasteiger partial charge in [0.05, 0.1) is 6.04 Å². The molecule has 1 N–H and O–H groups in total. The molecule has 0 saturated heterocycles. The van der Waals surface area contributed by atoms with Gasteiger partial charge in [0.2, 0.25) is 13.2 Å². The van der Waals surface area contributed by atoms with Crippen molar-refractivity contribution in [1.82, 2.24) is 5.32 Å². The summed E-state index contributed by atoms with van der Waals surface area (Å²) in [6.45, 7) is 2.53. The normalized spacial score (nSPS) is 13.5. The molecule has 17 heavy (non-hydrogen) atoms. The van der Waals surface area contributed by atoms with Gasteiger partial charge in [0, 0.05) is 6.07 Å². The van der Waals surface area contributed by atoms with Crippen LogP contribution in [-0.2, 0) is 4.79 Å². The van der Waals surface area contributed by atoms with Crippen LogP contribution >= 0.6 is 0 Å². The lowest BCUT2D eigenvalue weighted by Gasteiger charge is -2.12. The Morgan fingerprint density at radius 2 is 2.24 bits per heavy atom. The summed E-state index contributed by atoms with van der Waals surface area (Å²) in [7, 11) is 0. The summed E-state index contributed by atoms with van der Waals surface area (Å²) in [6, 6.07) is 5.36. The Kier molecular flexibility index (Phi) is 4.63. The number of nitrogens with one attached hydrogen (secondary N) is 1. The van der Waals surface area contributed by atoms with E-state index in [1.54, 1.807) is 18.2 Å². The molecular weight excluding hydrogens is 222 g/mol. The van der Waals surface area contributed by atoms with Gasteiger partial charge in [0.1, 0.15) is 12.4 Å². The molecule has 1 aromatic carbocycles. The molecule has 0 spiro atoms. The standard InChI is InChI=1S/C11H13NO4.CH4/c1-8(12-6-13)5-14-9-2-3-10-11(4-9)16-7-15-10;/h2-4,6,8H,5,7H2,1H3,(H,12,13);1H4. The second-order valence-electron chi connectivity index (χ2n) is 3.51. The Hall–Kier alpha value is -1.91. The van der Waals surface area contributed by atoms with Gasteiger partial charge in [-0.15, -0.1) is 0 Å². The first-order chi connectivity index (χ1) is 7.79. The predicted octanol–water partition coefficient (Wildman–Crippen LogP) is 1.56. The van der Waals surface area contributed by atoms with Gasteiger partial charge in [-0.2, -0.15) is 0 Å². The van der Waals surface area contributed by atoms with E-state index in [9.17, 15) is 4.79 Å². The molecule has 1 aliphatic rings. The zero-order valence-corrected chi connectivity index (χ0v) is 8.93. The van der Waals surface area contributed by atoms with E-state index in [1.165, 1.54) is 0 Å². The number of fused-ring (bicyclic) bond motifs is 1. The molecule has 1 atom stereocenters. The van der Waals surface area contributed by atoms with Crippen LogP contribution < -0.4 is 19.5 Å². The number of benzene rings is 1. The number of hydrogen-bond acceptors (Lipinski definition) is 4. The second kappa shape index (κ2) is 5.98. The van der Waals surface area contributed by atoms with Crippen LogP contribution in [-0.4, -0.2) is 25.9 Å². The minimum Gasteiger partial charge on any atom is -0.491 e. The van der Waals surface area contributed by atoms with Crippen molar-refractivity contribution in [3.05, 3.63) is 18.2 Å². The highest BCUT2D eigenvalue weighted by atomic mass is 16.7. The highest BCUT2D eigenvalue weighted by Gasteiger charge is 2.13. The zero-order valence-electron chi connectivity index (χ0n) is 8.93. The number of carbonyl (C=O) groups excluding carboxylic acids is 1. The number of carbonyl (C=O) groups is 1. The maximum atomic E-state index is 10.2. The monoisotopic (exact) mass is 239 g/mol. The van der Waals surface area contributed by atoms with Gasteiger partial charge in [-0.05, 0) is 19.1 Å². The smallest absolute Gasteiger partial charge is 0.231 e. The molecule has 0 fully saturated rings. The van der Waals surface area contributed by atoms with Crippen molar-refractivity contribution in [3.63, 3.8) is 0 Å². The minimum absolute atomic E-state index is 0. The van der Waals surface area contributed by atoms with Crippen LogP contribution in [0.3, 0.4) is 0 Å². The molecule has 0 bridgehead atoms. The van der Waals surface area contributed by atoms with Gasteiger partial charge < -0.3 is 19.5 Å². The Balaban J connectivity index is 0.00000144. The summed E-state index contributed by atoms with van der Waals surface area (Å²) in [5, 5.41) is 2.61. The molecule has 94 valence electrons. The van der Waals surface area contributed by atoms with E-state index in [-0.39, 0.29) is 20.3 Å². The third-order valence-electron chi connectivity index (χ3n) is 2.20. The van der Waals surface area contributed by atoms with E-state index < -0.39 is 0 Å². The Labute approximate surface area is 101 Å². The van der Waals surface area contributed by atoms with E-state index in [0.717, 1.165) is 5.75 Å². The molecule has 0 saturated carbocycles. The van der Waals surface area contributed by atoms with E-state index in [2.05, 4.69) is 5.32 Å². The molecule has 1 heterocycles. The van der Waals surface area contributed by atoms with Crippen LogP contribution in [0.5, 0.6) is 17.2 Å². The van der Waals surface area contributed by atoms with Gasteiger partial charge in [-0.3, -0.25) is 4.79 Å². The van der Waals surface area contributed by atoms with Gasteiger partial charge in [-0.25, -0.2) is 0 Å². The Morgan fingerprint density at radius 3 is 3.00 bits per heavy atom. The SMILES string of the molecule is C.CC(COc1ccc2c(c1)OCO2)NC=O. The molecule has 0 aromatic heterocycles. The predicted molar refractivity (Wildman–Crippen MR) is 63.5 cm³/mol. The first-order valence-electron chi connectivity index (χ1n) is 5.02. The quantitative estimate of drug-likeness (QED) is 0.792. The third kappa shape index (κ3) is 3.27.